The van der Waals surface area contributed by atoms with Gasteiger partial charge in [-0.3, -0.25) is 4.79 Å². The molecule has 1 fully saturated rings. The minimum absolute atomic E-state index is 0.113. The van der Waals surface area contributed by atoms with Gasteiger partial charge in [-0.15, -0.1) is 0 Å². The minimum Gasteiger partial charge on any atom is -0.466 e. The summed E-state index contributed by atoms with van der Waals surface area (Å²) in [7, 11) is 0. The summed E-state index contributed by atoms with van der Waals surface area (Å²) in [4.78, 5) is 16.0. The standard InChI is InChI=1S/C17H28N4O3/c1-3-18-16(19-10-4-7-15(22)21-13-8-9-13)20-12-17(2,23)14-6-5-11-24-14/h5-6,11,13,23H,3-4,7-10,12H2,1-2H3,(H,21,22)(H2,18,19,20). The molecule has 1 aliphatic carbocycles. The Morgan fingerprint density at radius 3 is 2.88 bits per heavy atom. The predicted octanol–water partition coefficient (Wildman–Crippen LogP) is 1.10. The number of amides is 1. The van der Waals surface area contributed by atoms with Crippen molar-refractivity contribution in [3.05, 3.63) is 24.2 Å². The first-order valence-electron chi connectivity index (χ1n) is 8.59. The zero-order valence-corrected chi connectivity index (χ0v) is 14.5. The van der Waals surface area contributed by atoms with Crippen molar-refractivity contribution < 1.29 is 14.3 Å². The molecule has 0 aliphatic heterocycles. The molecule has 134 valence electrons. The Kier molecular flexibility index (Phi) is 6.66. The summed E-state index contributed by atoms with van der Waals surface area (Å²) in [5, 5.41) is 19.7. The van der Waals surface area contributed by atoms with Crippen molar-refractivity contribution in [1.29, 1.82) is 0 Å². The normalized spacial score (nSPS) is 17.2. The summed E-state index contributed by atoms with van der Waals surface area (Å²) in [6.45, 7) is 5.19. The molecule has 1 saturated carbocycles. The zero-order chi connectivity index (χ0) is 17.4. The lowest BCUT2D eigenvalue weighted by Gasteiger charge is -2.19. The fraction of sp³-hybridized carbons (Fsp3) is 0.647. The average Bonchev–Trinajstić information content (AvgIpc) is 3.16. The van der Waals surface area contributed by atoms with Crippen LogP contribution in [0.3, 0.4) is 0 Å². The first-order chi connectivity index (χ1) is 11.5. The highest BCUT2D eigenvalue weighted by Gasteiger charge is 2.26. The molecule has 1 aliphatic rings. The van der Waals surface area contributed by atoms with Gasteiger partial charge in [0.1, 0.15) is 11.4 Å². The predicted molar refractivity (Wildman–Crippen MR) is 92.7 cm³/mol. The van der Waals surface area contributed by atoms with Gasteiger partial charge in [0.25, 0.3) is 0 Å². The molecule has 2 rings (SSSR count). The van der Waals surface area contributed by atoms with Gasteiger partial charge < -0.3 is 25.5 Å². The van der Waals surface area contributed by atoms with E-state index >= 15 is 0 Å². The van der Waals surface area contributed by atoms with Gasteiger partial charge >= 0.3 is 0 Å². The Bertz CT molecular complexity index is 536. The number of nitrogens with zero attached hydrogens (tertiary/aromatic N) is 1. The molecule has 4 N–H and O–H groups in total. The van der Waals surface area contributed by atoms with E-state index in [1.807, 2.05) is 6.92 Å². The summed E-state index contributed by atoms with van der Waals surface area (Å²) < 4.78 is 5.25. The highest BCUT2D eigenvalue weighted by Crippen LogP contribution is 2.21. The molecule has 0 bridgehead atoms. The van der Waals surface area contributed by atoms with E-state index < -0.39 is 5.60 Å². The van der Waals surface area contributed by atoms with Gasteiger partial charge in [-0.25, -0.2) is 4.99 Å². The van der Waals surface area contributed by atoms with Crippen LogP contribution in [0.15, 0.2) is 27.8 Å². The van der Waals surface area contributed by atoms with E-state index in [1.54, 1.807) is 19.1 Å². The third-order valence-electron chi connectivity index (χ3n) is 3.76. The first-order valence-corrected chi connectivity index (χ1v) is 8.59. The molecule has 7 heteroatoms. The number of hydrogen-bond acceptors (Lipinski definition) is 4. The van der Waals surface area contributed by atoms with Crippen molar-refractivity contribution in [2.45, 2.75) is 51.2 Å². The van der Waals surface area contributed by atoms with Crippen LogP contribution in [-0.4, -0.2) is 42.6 Å². The highest BCUT2D eigenvalue weighted by molar-refractivity contribution is 5.80. The van der Waals surface area contributed by atoms with E-state index in [0.29, 0.717) is 30.7 Å². The third-order valence-corrected chi connectivity index (χ3v) is 3.76. The molecular formula is C17H28N4O3. The van der Waals surface area contributed by atoms with Gasteiger partial charge in [-0.2, -0.15) is 0 Å². The monoisotopic (exact) mass is 336 g/mol. The number of nitrogens with one attached hydrogen (secondary N) is 3. The smallest absolute Gasteiger partial charge is 0.220 e. The number of furan rings is 1. The Labute approximate surface area is 142 Å². The number of carbonyl (C=O) groups excluding carboxylic acids is 1. The second kappa shape index (κ2) is 8.73. The summed E-state index contributed by atoms with van der Waals surface area (Å²) in [6.07, 6.45) is 4.99. The molecule has 0 saturated heterocycles. The van der Waals surface area contributed by atoms with Gasteiger partial charge in [0.15, 0.2) is 5.96 Å². The highest BCUT2D eigenvalue weighted by atomic mass is 16.4. The minimum atomic E-state index is -1.16. The summed E-state index contributed by atoms with van der Waals surface area (Å²) in [5.74, 6) is 1.22. The quantitative estimate of drug-likeness (QED) is 0.307. The maximum Gasteiger partial charge on any atom is 0.220 e. The number of rotatable bonds is 9. The Morgan fingerprint density at radius 2 is 2.25 bits per heavy atom. The van der Waals surface area contributed by atoms with Gasteiger partial charge in [-0.05, 0) is 45.2 Å². The van der Waals surface area contributed by atoms with Crippen LogP contribution in [0.4, 0.5) is 0 Å². The second-order valence-corrected chi connectivity index (χ2v) is 6.32. The van der Waals surface area contributed by atoms with Crippen molar-refractivity contribution in [2.24, 2.45) is 4.99 Å². The molecule has 0 radical (unpaired) electrons. The molecule has 1 heterocycles. The SMILES string of the molecule is CCNC(=NCC(C)(O)c1ccco1)NCCCC(=O)NC1CC1. The van der Waals surface area contributed by atoms with E-state index in [2.05, 4.69) is 20.9 Å². The number of aliphatic imine (C=N–C) groups is 1. The Balaban J connectivity index is 1.74. The first kappa shape index (κ1) is 18.3. The number of hydrogen-bond donors (Lipinski definition) is 4. The van der Waals surface area contributed by atoms with Crippen LogP contribution >= 0.6 is 0 Å². The van der Waals surface area contributed by atoms with Crippen LogP contribution in [0.25, 0.3) is 0 Å². The zero-order valence-electron chi connectivity index (χ0n) is 14.5. The number of carbonyl (C=O) groups is 1. The Hall–Kier alpha value is -2.02. The molecular weight excluding hydrogens is 308 g/mol. The van der Waals surface area contributed by atoms with Crippen molar-refractivity contribution in [3.8, 4) is 0 Å². The fourth-order valence-corrected chi connectivity index (χ4v) is 2.22. The number of guanidine groups is 1. The van der Waals surface area contributed by atoms with Gasteiger partial charge in [0, 0.05) is 25.6 Å². The van der Waals surface area contributed by atoms with E-state index in [-0.39, 0.29) is 12.5 Å². The van der Waals surface area contributed by atoms with Gasteiger partial charge in [0.2, 0.25) is 5.91 Å². The van der Waals surface area contributed by atoms with Crippen LogP contribution in [0.2, 0.25) is 0 Å². The van der Waals surface area contributed by atoms with E-state index in [9.17, 15) is 9.90 Å². The van der Waals surface area contributed by atoms with Crippen molar-refractivity contribution >= 4 is 11.9 Å². The second-order valence-electron chi connectivity index (χ2n) is 6.32. The molecule has 1 aromatic heterocycles. The van der Waals surface area contributed by atoms with E-state index in [0.717, 1.165) is 25.8 Å². The molecule has 7 nitrogen and oxygen atoms in total. The maximum atomic E-state index is 11.6. The summed E-state index contributed by atoms with van der Waals surface area (Å²) in [6, 6.07) is 3.88. The molecule has 0 spiro atoms. The van der Waals surface area contributed by atoms with Crippen molar-refractivity contribution in [2.75, 3.05) is 19.6 Å². The average molecular weight is 336 g/mol. The van der Waals surface area contributed by atoms with Crippen LogP contribution in [-0.2, 0) is 10.4 Å². The molecule has 24 heavy (non-hydrogen) atoms. The van der Waals surface area contributed by atoms with Crippen LogP contribution in [0, 0.1) is 0 Å². The molecule has 1 amide bonds. The third kappa shape index (κ3) is 6.23. The molecule has 1 unspecified atom stereocenters. The van der Waals surface area contributed by atoms with Gasteiger partial charge in [0.05, 0.1) is 12.8 Å². The number of aliphatic hydroxyl groups is 1. The summed E-state index contributed by atoms with van der Waals surface area (Å²) >= 11 is 0. The lowest BCUT2D eigenvalue weighted by molar-refractivity contribution is -0.121. The van der Waals surface area contributed by atoms with E-state index in [1.165, 1.54) is 6.26 Å². The van der Waals surface area contributed by atoms with Crippen LogP contribution < -0.4 is 16.0 Å². The van der Waals surface area contributed by atoms with Crippen LogP contribution in [0.1, 0.15) is 45.3 Å². The maximum absolute atomic E-state index is 11.6. The summed E-state index contributed by atoms with van der Waals surface area (Å²) in [5.41, 5.74) is -1.16. The largest absolute Gasteiger partial charge is 0.466 e. The lowest BCUT2D eigenvalue weighted by Crippen LogP contribution is -2.39. The molecule has 0 aromatic carbocycles. The topological polar surface area (TPSA) is 98.9 Å². The molecule has 1 aromatic rings. The molecule has 1 atom stereocenters. The fourth-order valence-electron chi connectivity index (χ4n) is 2.22. The van der Waals surface area contributed by atoms with Crippen molar-refractivity contribution in [1.82, 2.24) is 16.0 Å². The van der Waals surface area contributed by atoms with Crippen LogP contribution in [0.5, 0.6) is 0 Å². The lowest BCUT2D eigenvalue weighted by atomic mass is 10.0. The Morgan fingerprint density at radius 1 is 1.46 bits per heavy atom. The van der Waals surface area contributed by atoms with Crippen molar-refractivity contribution in [3.63, 3.8) is 0 Å². The van der Waals surface area contributed by atoms with E-state index in [4.69, 9.17) is 4.42 Å². The van der Waals surface area contributed by atoms with Gasteiger partial charge in [-0.1, -0.05) is 0 Å².